The summed E-state index contributed by atoms with van der Waals surface area (Å²) in [6, 6.07) is 22.7. The summed E-state index contributed by atoms with van der Waals surface area (Å²) in [5.41, 5.74) is 5.23. The molecule has 230 valence electrons. The van der Waals surface area contributed by atoms with E-state index in [4.69, 9.17) is 4.74 Å². The molecule has 0 spiro atoms. The molecule has 9 nitrogen and oxygen atoms in total. The first-order chi connectivity index (χ1) is 21.9. The third-order valence-corrected chi connectivity index (χ3v) is 7.81. The summed E-state index contributed by atoms with van der Waals surface area (Å²) in [5, 5.41) is 10.8. The first-order valence-electron chi connectivity index (χ1n) is 15.2. The number of amides is 2. The Morgan fingerprint density at radius 3 is 2.40 bits per heavy atom. The fourth-order valence-corrected chi connectivity index (χ4v) is 5.03. The summed E-state index contributed by atoms with van der Waals surface area (Å²) < 4.78 is 21.0. The molecule has 2 aromatic heterocycles. The lowest BCUT2D eigenvalue weighted by Gasteiger charge is -2.20. The Morgan fingerprint density at radius 1 is 0.956 bits per heavy atom. The zero-order valence-electron chi connectivity index (χ0n) is 25.3. The molecule has 45 heavy (non-hydrogen) atoms. The van der Waals surface area contributed by atoms with Gasteiger partial charge in [0.2, 0.25) is 11.9 Å². The molecule has 2 N–H and O–H groups in total. The molecule has 0 unspecified atom stereocenters. The van der Waals surface area contributed by atoms with Gasteiger partial charge in [0, 0.05) is 36.1 Å². The maximum absolute atomic E-state index is 13.1. The number of ether oxygens (including phenoxy) is 1. The molecule has 0 aliphatic heterocycles. The number of benzene rings is 3. The van der Waals surface area contributed by atoms with Crippen LogP contribution in [0.1, 0.15) is 42.6 Å². The largest absolute Gasteiger partial charge is 0.491 e. The van der Waals surface area contributed by atoms with Gasteiger partial charge in [0.15, 0.2) is 5.65 Å². The summed E-state index contributed by atoms with van der Waals surface area (Å²) in [6.07, 6.45) is 4.37. The van der Waals surface area contributed by atoms with Crippen molar-refractivity contribution in [2.45, 2.75) is 33.1 Å². The summed E-state index contributed by atoms with van der Waals surface area (Å²) in [4.78, 5) is 31.8. The normalized spacial score (nSPS) is 12.6. The van der Waals surface area contributed by atoms with Gasteiger partial charge in [0.25, 0.3) is 5.91 Å². The monoisotopic (exact) mass is 606 g/mol. The number of nitrogens with zero attached hydrogens (tertiary/aromatic N) is 4. The van der Waals surface area contributed by atoms with Gasteiger partial charge in [0.1, 0.15) is 11.6 Å². The molecule has 1 fully saturated rings. The zero-order chi connectivity index (χ0) is 31.3. The van der Waals surface area contributed by atoms with Gasteiger partial charge in [-0.2, -0.15) is 4.98 Å². The van der Waals surface area contributed by atoms with Crippen LogP contribution in [-0.4, -0.2) is 51.0 Å². The minimum absolute atomic E-state index is 0.0263. The molecule has 5 aromatic rings. The second kappa shape index (κ2) is 13.2. The number of fused-ring (bicyclic) bond motifs is 1. The van der Waals surface area contributed by atoms with Crippen LogP contribution in [0.25, 0.3) is 16.8 Å². The van der Waals surface area contributed by atoms with Gasteiger partial charge >= 0.3 is 0 Å². The van der Waals surface area contributed by atoms with Crippen molar-refractivity contribution in [2.24, 2.45) is 5.92 Å². The Labute approximate surface area is 261 Å². The minimum Gasteiger partial charge on any atom is -0.491 e. The van der Waals surface area contributed by atoms with E-state index in [0.717, 1.165) is 29.5 Å². The van der Waals surface area contributed by atoms with Crippen molar-refractivity contribution < 1.29 is 18.7 Å². The van der Waals surface area contributed by atoms with Crippen LogP contribution in [0.2, 0.25) is 0 Å². The van der Waals surface area contributed by atoms with Gasteiger partial charge < -0.3 is 20.3 Å². The fraction of sp³-hybridized carbons (Fsp3) is 0.257. The Morgan fingerprint density at radius 2 is 1.69 bits per heavy atom. The van der Waals surface area contributed by atoms with Crippen LogP contribution >= 0.6 is 0 Å². The maximum Gasteiger partial charge on any atom is 0.253 e. The minimum atomic E-state index is -0.330. The summed E-state index contributed by atoms with van der Waals surface area (Å²) in [6.45, 7) is 5.82. The van der Waals surface area contributed by atoms with Crippen LogP contribution in [-0.2, 0) is 11.2 Å². The molecule has 6 rings (SSSR count). The van der Waals surface area contributed by atoms with E-state index in [1.807, 2.05) is 62.5 Å². The highest BCUT2D eigenvalue weighted by Gasteiger charge is 2.23. The lowest BCUT2D eigenvalue weighted by Crippen LogP contribution is -2.30. The molecular weight excluding hydrogens is 571 g/mol. The molecular formula is C35H35FN6O3. The fourth-order valence-electron chi connectivity index (χ4n) is 5.03. The van der Waals surface area contributed by atoms with E-state index in [-0.39, 0.29) is 24.1 Å². The lowest BCUT2D eigenvalue weighted by molar-refractivity contribution is -0.115. The number of aromatic nitrogens is 3. The summed E-state index contributed by atoms with van der Waals surface area (Å²) in [5.74, 6) is 1.03. The van der Waals surface area contributed by atoms with Gasteiger partial charge in [-0.3, -0.25) is 9.59 Å². The number of anilines is 3. The van der Waals surface area contributed by atoms with Crippen molar-refractivity contribution in [2.75, 3.05) is 30.3 Å². The van der Waals surface area contributed by atoms with E-state index >= 15 is 0 Å². The number of hydrogen-bond donors (Lipinski definition) is 2. The first kappa shape index (κ1) is 29.8. The predicted octanol–water partition coefficient (Wildman–Crippen LogP) is 6.73. The van der Waals surface area contributed by atoms with Crippen molar-refractivity contribution in [3.05, 3.63) is 102 Å². The number of pyridine rings is 1. The highest BCUT2D eigenvalue weighted by molar-refractivity contribution is 5.95. The molecule has 3 aromatic carbocycles. The van der Waals surface area contributed by atoms with Crippen LogP contribution < -0.4 is 15.4 Å². The summed E-state index contributed by atoms with van der Waals surface area (Å²) in [7, 11) is 0. The molecule has 1 aliphatic carbocycles. The molecule has 1 aliphatic rings. The first-order valence-corrected chi connectivity index (χ1v) is 15.2. The molecule has 2 heterocycles. The molecule has 0 radical (unpaired) electrons. The number of nitrogens with one attached hydrogen (secondary N) is 2. The van der Waals surface area contributed by atoms with Gasteiger partial charge in [-0.15, -0.1) is 5.10 Å². The Bertz CT molecular complexity index is 1810. The van der Waals surface area contributed by atoms with E-state index in [9.17, 15) is 14.0 Å². The summed E-state index contributed by atoms with van der Waals surface area (Å²) >= 11 is 0. The SMILES string of the molecule is CCN(CC)C(=O)c1ccc(Nc2nc3ccc(-c4ccc(NC(=O)Cc5ccc(F)cc5)cc4)cn3n2)c(OCC2CC2)c1. The van der Waals surface area contributed by atoms with Gasteiger partial charge in [-0.05, 0) is 98.3 Å². The number of carbonyl (C=O) groups excluding carboxylic acids is 2. The van der Waals surface area contributed by atoms with Crippen molar-refractivity contribution >= 4 is 34.8 Å². The van der Waals surface area contributed by atoms with E-state index < -0.39 is 0 Å². The van der Waals surface area contributed by atoms with Gasteiger partial charge in [0.05, 0.1) is 18.7 Å². The topological polar surface area (TPSA) is 101 Å². The number of hydrogen-bond acceptors (Lipinski definition) is 6. The van der Waals surface area contributed by atoms with Crippen LogP contribution in [0.4, 0.5) is 21.7 Å². The number of carbonyl (C=O) groups is 2. The van der Waals surface area contributed by atoms with Gasteiger partial charge in [-0.25, -0.2) is 8.91 Å². The second-order valence-electron chi connectivity index (χ2n) is 11.2. The van der Waals surface area contributed by atoms with E-state index in [0.29, 0.717) is 59.9 Å². The average Bonchev–Trinajstić information content (AvgIpc) is 3.79. The second-order valence-corrected chi connectivity index (χ2v) is 11.2. The third kappa shape index (κ3) is 7.29. The smallest absolute Gasteiger partial charge is 0.253 e. The Kier molecular flexibility index (Phi) is 8.72. The Balaban J connectivity index is 1.15. The highest BCUT2D eigenvalue weighted by atomic mass is 19.1. The third-order valence-electron chi connectivity index (χ3n) is 7.81. The molecule has 0 atom stereocenters. The highest BCUT2D eigenvalue weighted by Crippen LogP contribution is 2.34. The van der Waals surface area contributed by atoms with Gasteiger partial charge in [-0.1, -0.05) is 24.3 Å². The average molecular weight is 607 g/mol. The van der Waals surface area contributed by atoms with E-state index in [1.54, 1.807) is 33.7 Å². The number of rotatable bonds is 12. The standard InChI is InChI=1S/C35H35FN6O3/c1-3-41(4-2)34(44)26-11-17-30(31(20-26)45-22-24-5-6-24)38-35-39-32-18-12-27(21-42(32)40-35)25-9-15-29(16-10-25)37-33(43)19-23-7-13-28(36)14-8-23/h7-18,20-21,24H,3-6,19,22H2,1-2H3,(H,37,43)(H,38,40). The van der Waals surface area contributed by atoms with E-state index in [2.05, 4.69) is 20.7 Å². The van der Waals surface area contributed by atoms with Crippen molar-refractivity contribution in [1.29, 1.82) is 0 Å². The lowest BCUT2D eigenvalue weighted by atomic mass is 10.1. The van der Waals surface area contributed by atoms with Crippen LogP contribution in [0.3, 0.4) is 0 Å². The van der Waals surface area contributed by atoms with Crippen molar-refractivity contribution in [1.82, 2.24) is 19.5 Å². The predicted molar refractivity (Wildman–Crippen MR) is 172 cm³/mol. The van der Waals surface area contributed by atoms with Crippen molar-refractivity contribution in [3.8, 4) is 16.9 Å². The zero-order valence-corrected chi connectivity index (χ0v) is 25.3. The maximum atomic E-state index is 13.1. The molecule has 2 amide bonds. The molecule has 0 saturated heterocycles. The molecule has 1 saturated carbocycles. The Hall–Kier alpha value is -5.25. The van der Waals surface area contributed by atoms with Crippen molar-refractivity contribution in [3.63, 3.8) is 0 Å². The number of halogens is 1. The molecule has 0 bridgehead atoms. The molecule has 10 heteroatoms. The quantitative estimate of drug-likeness (QED) is 0.163. The van der Waals surface area contributed by atoms with Crippen LogP contribution in [0.5, 0.6) is 5.75 Å². The van der Waals surface area contributed by atoms with Crippen LogP contribution in [0.15, 0.2) is 85.1 Å². The van der Waals surface area contributed by atoms with E-state index in [1.165, 1.54) is 12.1 Å². The van der Waals surface area contributed by atoms with Crippen LogP contribution in [0, 0.1) is 11.7 Å².